The summed E-state index contributed by atoms with van der Waals surface area (Å²) in [6.07, 6.45) is 2.04. The van der Waals surface area contributed by atoms with E-state index >= 15 is 0 Å². The fraction of sp³-hybridized carbons (Fsp3) is 0.867. The SMILES string of the molecule is CCC1CN(CC(=O)NC(=O)NCC(C)C)C(CC)CN1. The lowest BCUT2D eigenvalue weighted by molar-refractivity contribution is -0.122. The molecule has 0 aromatic rings. The van der Waals surface area contributed by atoms with Crippen LogP contribution >= 0.6 is 0 Å². The van der Waals surface area contributed by atoms with Crippen molar-refractivity contribution in [1.82, 2.24) is 20.9 Å². The van der Waals surface area contributed by atoms with Gasteiger partial charge in [0, 0.05) is 31.7 Å². The first-order chi connectivity index (χ1) is 9.96. The first-order valence-electron chi connectivity index (χ1n) is 8.01. The van der Waals surface area contributed by atoms with Gasteiger partial charge in [-0.3, -0.25) is 15.0 Å². The maximum absolute atomic E-state index is 12.0. The average molecular weight is 298 g/mol. The second-order valence-corrected chi connectivity index (χ2v) is 6.16. The summed E-state index contributed by atoms with van der Waals surface area (Å²) in [5.41, 5.74) is 0. The Morgan fingerprint density at radius 1 is 1.29 bits per heavy atom. The number of hydrogen-bond acceptors (Lipinski definition) is 4. The predicted octanol–water partition coefficient (Wildman–Crippen LogP) is 0.931. The minimum absolute atomic E-state index is 0.230. The number of nitrogens with one attached hydrogen (secondary N) is 3. The molecule has 2 unspecified atom stereocenters. The highest BCUT2D eigenvalue weighted by Crippen LogP contribution is 2.11. The Labute approximate surface area is 128 Å². The molecule has 1 fully saturated rings. The molecule has 1 saturated heterocycles. The summed E-state index contributed by atoms with van der Waals surface area (Å²) >= 11 is 0. The standard InChI is InChI=1S/C15H30N4O2/c1-5-12-9-19(13(6-2)8-16-12)10-14(20)18-15(21)17-7-11(3)4/h11-13,16H,5-10H2,1-4H3,(H2,17,18,20,21). The highest BCUT2D eigenvalue weighted by molar-refractivity contribution is 5.95. The molecule has 1 aliphatic heterocycles. The van der Waals surface area contributed by atoms with Crippen LogP contribution in [0.2, 0.25) is 0 Å². The van der Waals surface area contributed by atoms with Gasteiger partial charge in [0.1, 0.15) is 0 Å². The number of piperazine rings is 1. The van der Waals surface area contributed by atoms with Crippen LogP contribution in [0, 0.1) is 5.92 Å². The predicted molar refractivity (Wildman–Crippen MR) is 84.1 cm³/mol. The third-order valence-electron chi connectivity index (χ3n) is 3.85. The molecular weight excluding hydrogens is 268 g/mol. The van der Waals surface area contributed by atoms with Gasteiger partial charge in [0.15, 0.2) is 0 Å². The summed E-state index contributed by atoms with van der Waals surface area (Å²) in [7, 11) is 0. The minimum atomic E-state index is -0.399. The van der Waals surface area contributed by atoms with Crippen LogP contribution < -0.4 is 16.0 Å². The first-order valence-corrected chi connectivity index (χ1v) is 8.01. The maximum Gasteiger partial charge on any atom is 0.321 e. The topological polar surface area (TPSA) is 73.5 Å². The minimum Gasteiger partial charge on any atom is -0.338 e. The van der Waals surface area contributed by atoms with Crippen molar-refractivity contribution in [2.24, 2.45) is 5.92 Å². The van der Waals surface area contributed by atoms with Crippen LogP contribution in [-0.4, -0.2) is 55.1 Å². The van der Waals surface area contributed by atoms with E-state index in [0.29, 0.717) is 24.5 Å². The lowest BCUT2D eigenvalue weighted by Crippen LogP contribution is -2.58. The number of nitrogens with zero attached hydrogens (tertiary/aromatic N) is 1. The van der Waals surface area contributed by atoms with Crippen molar-refractivity contribution >= 4 is 11.9 Å². The van der Waals surface area contributed by atoms with E-state index in [9.17, 15) is 9.59 Å². The van der Waals surface area contributed by atoms with Crippen molar-refractivity contribution in [2.75, 3.05) is 26.2 Å². The largest absolute Gasteiger partial charge is 0.338 e. The van der Waals surface area contributed by atoms with E-state index < -0.39 is 6.03 Å². The van der Waals surface area contributed by atoms with E-state index in [0.717, 1.165) is 25.9 Å². The number of carbonyl (C=O) groups is 2. The molecule has 0 aromatic carbocycles. The van der Waals surface area contributed by atoms with Gasteiger partial charge in [0.2, 0.25) is 5.91 Å². The van der Waals surface area contributed by atoms with Crippen molar-refractivity contribution in [3.8, 4) is 0 Å². The molecule has 3 N–H and O–H groups in total. The van der Waals surface area contributed by atoms with E-state index in [1.54, 1.807) is 0 Å². The maximum atomic E-state index is 12.0. The Bertz CT molecular complexity index is 347. The summed E-state index contributed by atoms with van der Waals surface area (Å²) < 4.78 is 0. The fourth-order valence-corrected chi connectivity index (χ4v) is 2.49. The van der Waals surface area contributed by atoms with Crippen LogP contribution in [0.15, 0.2) is 0 Å². The van der Waals surface area contributed by atoms with Crippen LogP contribution in [-0.2, 0) is 4.79 Å². The van der Waals surface area contributed by atoms with Gasteiger partial charge in [-0.15, -0.1) is 0 Å². The molecule has 0 radical (unpaired) electrons. The van der Waals surface area contributed by atoms with Gasteiger partial charge >= 0.3 is 6.03 Å². The fourth-order valence-electron chi connectivity index (χ4n) is 2.49. The smallest absolute Gasteiger partial charge is 0.321 e. The van der Waals surface area contributed by atoms with Crippen LogP contribution in [0.4, 0.5) is 4.79 Å². The molecule has 21 heavy (non-hydrogen) atoms. The summed E-state index contributed by atoms with van der Waals surface area (Å²) in [5, 5.41) is 8.60. The van der Waals surface area contributed by atoms with Crippen molar-refractivity contribution in [2.45, 2.75) is 52.6 Å². The average Bonchev–Trinajstić information content (AvgIpc) is 2.44. The second-order valence-electron chi connectivity index (χ2n) is 6.16. The van der Waals surface area contributed by atoms with Gasteiger partial charge in [-0.2, -0.15) is 0 Å². The Morgan fingerprint density at radius 2 is 2.00 bits per heavy atom. The van der Waals surface area contributed by atoms with Gasteiger partial charge in [-0.25, -0.2) is 4.79 Å². The number of carbonyl (C=O) groups excluding carboxylic acids is 2. The lowest BCUT2D eigenvalue weighted by Gasteiger charge is -2.39. The number of rotatable bonds is 6. The summed E-state index contributed by atoms with van der Waals surface area (Å²) in [6, 6.07) is 0.386. The van der Waals surface area contributed by atoms with Gasteiger partial charge in [-0.1, -0.05) is 27.7 Å². The highest BCUT2D eigenvalue weighted by Gasteiger charge is 2.27. The van der Waals surface area contributed by atoms with E-state index in [1.165, 1.54) is 0 Å². The molecule has 6 heteroatoms. The molecule has 3 amide bonds. The summed E-state index contributed by atoms with van der Waals surface area (Å²) in [4.78, 5) is 25.8. The van der Waals surface area contributed by atoms with Crippen molar-refractivity contribution in [3.63, 3.8) is 0 Å². The number of urea groups is 1. The molecule has 1 aliphatic rings. The van der Waals surface area contributed by atoms with E-state index in [1.807, 2.05) is 13.8 Å². The molecule has 0 aliphatic carbocycles. The first kappa shape index (κ1) is 17.9. The Balaban J connectivity index is 2.41. The zero-order valence-electron chi connectivity index (χ0n) is 13.7. The molecule has 0 saturated carbocycles. The zero-order valence-corrected chi connectivity index (χ0v) is 13.7. The van der Waals surface area contributed by atoms with Gasteiger partial charge < -0.3 is 10.6 Å². The third-order valence-corrected chi connectivity index (χ3v) is 3.85. The molecule has 0 aromatic heterocycles. The van der Waals surface area contributed by atoms with Crippen molar-refractivity contribution in [1.29, 1.82) is 0 Å². The highest BCUT2D eigenvalue weighted by atomic mass is 16.2. The Kier molecular flexibility index (Phi) is 7.67. The van der Waals surface area contributed by atoms with Crippen LogP contribution in [0.1, 0.15) is 40.5 Å². The van der Waals surface area contributed by atoms with E-state index in [4.69, 9.17) is 0 Å². The van der Waals surface area contributed by atoms with Crippen molar-refractivity contribution in [3.05, 3.63) is 0 Å². The monoisotopic (exact) mass is 298 g/mol. The lowest BCUT2D eigenvalue weighted by atomic mass is 10.1. The second kappa shape index (κ2) is 9.00. The quantitative estimate of drug-likeness (QED) is 0.682. The molecule has 1 rings (SSSR count). The van der Waals surface area contributed by atoms with Crippen LogP contribution in [0.3, 0.4) is 0 Å². The number of hydrogen-bond donors (Lipinski definition) is 3. The normalized spacial score (nSPS) is 23.1. The molecule has 122 valence electrons. The molecule has 0 spiro atoms. The zero-order chi connectivity index (χ0) is 15.8. The molecule has 1 heterocycles. The Hall–Kier alpha value is -1.14. The van der Waals surface area contributed by atoms with Crippen molar-refractivity contribution < 1.29 is 9.59 Å². The summed E-state index contributed by atoms with van der Waals surface area (Å²) in [5.74, 6) is 0.139. The third kappa shape index (κ3) is 6.44. The summed E-state index contributed by atoms with van der Waals surface area (Å²) in [6.45, 7) is 10.9. The van der Waals surface area contributed by atoms with Gasteiger partial charge in [0.25, 0.3) is 0 Å². The van der Waals surface area contributed by atoms with Gasteiger partial charge in [-0.05, 0) is 18.8 Å². The molecule has 6 nitrogen and oxygen atoms in total. The number of amides is 3. The Morgan fingerprint density at radius 3 is 2.57 bits per heavy atom. The molecule has 0 bridgehead atoms. The van der Waals surface area contributed by atoms with Crippen LogP contribution in [0.5, 0.6) is 0 Å². The molecule has 2 atom stereocenters. The van der Waals surface area contributed by atoms with Crippen LogP contribution in [0.25, 0.3) is 0 Å². The number of imide groups is 1. The molecular formula is C15H30N4O2. The van der Waals surface area contributed by atoms with E-state index in [-0.39, 0.29) is 12.5 Å². The van der Waals surface area contributed by atoms with Gasteiger partial charge in [0.05, 0.1) is 6.54 Å². The van der Waals surface area contributed by atoms with E-state index in [2.05, 4.69) is 34.7 Å².